The first-order valence-corrected chi connectivity index (χ1v) is 14.9. The summed E-state index contributed by atoms with van der Waals surface area (Å²) in [7, 11) is 2.00. The van der Waals surface area contributed by atoms with Gasteiger partial charge in [0.1, 0.15) is 11.4 Å². The first kappa shape index (κ1) is 31.6. The highest BCUT2D eigenvalue weighted by Crippen LogP contribution is 2.39. The Labute approximate surface area is 255 Å². The Morgan fingerprint density at radius 1 is 1.16 bits per heavy atom. The fourth-order valence-corrected chi connectivity index (χ4v) is 6.05. The molecule has 2 N–H and O–H groups in total. The molecule has 2 amide bonds. The summed E-state index contributed by atoms with van der Waals surface area (Å²) in [6.45, 7) is 11.1. The van der Waals surface area contributed by atoms with Gasteiger partial charge in [0, 0.05) is 55.7 Å². The molecule has 0 aromatic heterocycles. The molecule has 12 heteroatoms. The standard InChI is InChI=1S/C32H39F4N5O3/c1-19-13-25(32(34,35)36)24(16-37-19)29(42)38-27-14-23(26(33)15-28(27)41-17-20(2)39(5)21(3)18-41)22-7-11-40(12-8-22)30(43)44-31(4)9-6-10-31/h7,13-16,20-21,37H,1,6,8-12,17-18H2,2-5H3,(H,38,42)/t20-,21+. The summed E-state index contributed by atoms with van der Waals surface area (Å²) in [4.78, 5) is 31.8. The highest BCUT2D eigenvalue weighted by atomic mass is 19.4. The van der Waals surface area contributed by atoms with Gasteiger partial charge in [-0.25, -0.2) is 9.18 Å². The molecule has 4 aliphatic rings. The second-order valence-electron chi connectivity index (χ2n) is 12.5. The van der Waals surface area contributed by atoms with Crippen LogP contribution in [0.1, 0.15) is 52.0 Å². The molecule has 8 nitrogen and oxygen atoms in total. The Morgan fingerprint density at radius 2 is 1.84 bits per heavy atom. The predicted octanol–water partition coefficient (Wildman–Crippen LogP) is 5.95. The Kier molecular flexibility index (Phi) is 8.58. The zero-order valence-electron chi connectivity index (χ0n) is 25.5. The van der Waals surface area contributed by atoms with Crippen LogP contribution in [0.5, 0.6) is 0 Å². The second-order valence-corrected chi connectivity index (χ2v) is 12.5. The first-order valence-electron chi connectivity index (χ1n) is 14.9. The van der Waals surface area contributed by atoms with Crippen LogP contribution >= 0.6 is 0 Å². The van der Waals surface area contributed by atoms with Gasteiger partial charge in [0.25, 0.3) is 5.91 Å². The van der Waals surface area contributed by atoms with Gasteiger partial charge in [-0.2, -0.15) is 13.2 Å². The van der Waals surface area contributed by atoms with E-state index in [1.807, 2.05) is 32.7 Å². The van der Waals surface area contributed by atoms with Crippen LogP contribution in [0.2, 0.25) is 0 Å². The topological polar surface area (TPSA) is 77.2 Å². The van der Waals surface area contributed by atoms with Crippen LogP contribution in [-0.2, 0) is 9.53 Å². The van der Waals surface area contributed by atoms with Crippen LogP contribution in [-0.4, -0.2) is 78.9 Å². The molecule has 0 spiro atoms. The van der Waals surface area contributed by atoms with E-state index < -0.39 is 40.7 Å². The molecule has 0 unspecified atom stereocenters. The highest BCUT2D eigenvalue weighted by molar-refractivity contribution is 6.09. The molecule has 44 heavy (non-hydrogen) atoms. The van der Waals surface area contributed by atoms with Crippen molar-refractivity contribution in [2.75, 3.05) is 43.4 Å². The van der Waals surface area contributed by atoms with E-state index in [1.54, 1.807) is 11.0 Å². The molecule has 3 aliphatic heterocycles. The summed E-state index contributed by atoms with van der Waals surface area (Å²) in [6.07, 6.45) is 1.33. The number of carbonyl (C=O) groups excluding carboxylic acids is 2. The maximum absolute atomic E-state index is 15.8. The number of rotatable bonds is 5. The summed E-state index contributed by atoms with van der Waals surface area (Å²) in [5, 5.41) is 5.24. The number of likely N-dealkylation sites (N-methyl/N-ethyl adjacent to an activating group) is 1. The summed E-state index contributed by atoms with van der Waals surface area (Å²) in [6, 6.07) is 3.04. The molecular weight excluding hydrogens is 578 g/mol. The van der Waals surface area contributed by atoms with Crippen LogP contribution in [0.25, 0.3) is 5.57 Å². The normalized spacial score (nSPS) is 24.0. The van der Waals surface area contributed by atoms with Crippen LogP contribution in [0.15, 0.2) is 53.9 Å². The van der Waals surface area contributed by atoms with E-state index in [9.17, 15) is 22.8 Å². The third-order valence-electron chi connectivity index (χ3n) is 9.15. The number of carbonyl (C=O) groups is 2. The van der Waals surface area contributed by atoms with Crippen molar-refractivity contribution >= 4 is 28.9 Å². The van der Waals surface area contributed by atoms with Gasteiger partial charge in [0.05, 0.1) is 22.5 Å². The number of anilines is 2. The summed E-state index contributed by atoms with van der Waals surface area (Å²) >= 11 is 0. The second kappa shape index (κ2) is 11.9. The molecular formula is C32H39F4N5O3. The molecule has 1 aromatic rings. The summed E-state index contributed by atoms with van der Waals surface area (Å²) in [5.74, 6) is -1.51. The van der Waals surface area contributed by atoms with Crippen molar-refractivity contribution in [1.82, 2.24) is 15.1 Å². The molecule has 1 aliphatic carbocycles. The molecule has 5 rings (SSSR count). The molecule has 2 atom stereocenters. The van der Waals surface area contributed by atoms with Gasteiger partial charge >= 0.3 is 12.3 Å². The Morgan fingerprint density at radius 3 is 2.41 bits per heavy atom. The van der Waals surface area contributed by atoms with E-state index in [1.165, 1.54) is 12.1 Å². The number of ether oxygens (including phenoxy) is 1. The highest BCUT2D eigenvalue weighted by Gasteiger charge is 2.40. The smallest absolute Gasteiger partial charge is 0.417 e. The van der Waals surface area contributed by atoms with Crippen molar-refractivity contribution in [1.29, 1.82) is 0 Å². The number of nitrogens with one attached hydrogen (secondary N) is 2. The number of amides is 2. The molecule has 1 aromatic carbocycles. The maximum Gasteiger partial charge on any atom is 0.417 e. The van der Waals surface area contributed by atoms with Gasteiger partial charge in [-0.05, 0) is 77.3 Å². The van der Waals surface area contributed by atoms with Gasteiger partial charge in [0.15, 0.2) is 0 Å². The number of hydrogen-bond acceptors (Lipinski definition) is 6. The molecule has 0 bridgehead atoms. The Hall–Kier alpha value is -3.80. The van der Waals surface area contributed by atoms with Crippen molar-refractivity contribution in [3.63, 3.8) is 0 Å². The monoisotopic (exact) mass is 617 g/mol. The Balaban J connectivity index is 1.45. The van der Waals surface area contributed by atoms with Crippen molar-refractivity contribution in [3.8, 4) is 0 Å². The molecule has 1 saturated heterocycles. The lowest BCUT2D eigenvalue weighted by atomic mass is 9.82. The minimum atomic E-state index is -4.79. The molecule has 238 valence electrons. The molecule has 0 radical (unpaired) electrons. The van der Waals surface area contributed by atoms with Gasteiger partial charge in [-0.1, -0.05) is 12.7 Å². The van der Waals surface area contributed by atoms with Crippen molar-refractivity contribution in [2.45, 2.75) is 70.3 Å². The van der Waals surface area contributed by atoms with Crippen molar-refractivity contribution in [2.24, 2.45) is 0 Å². The van der Waals surface area contributed by atoms with Crippen LogP contribution < -0.4 is 15.5 Å². The third kappa shape index (κ3) is 6.50. The number of benzene rings is 1. The predicted molar refractivity (Wildman–Crippen MR) is 161 cm³/mol. The zero-order valence-corrected chi connectivity index (χ0v) is 25.5. The van der Waals surface area contributed by atoms with Crippen molar-refractivity contribution < 1.29 is 31.9 Å². The van der Waals surface area contributed by atoms with Crippen molar-refractivity contribution in [3.05, 3.63) is 65.3 Å². The number of nitrogens with zero attached hydrogens (tertiary/aromatic N) is 3. The first-order chi connectivity index (χ1) is 20.6. The lowest BCUT2D eigenvalue weighted by molar-refractivity contribution is -0.115. The lowest BCUT2D eigenvalue weighted by Gasteiger charge is -2.44. The van der Waals surface area contributed by atoms with E-state index in [0.717, 1.165) is 31.5 Å². The zero-order chi connectivity index (χ0) is 32.0. The van der Waals surface area contributed by atoms with Crippen LogP contribution in [0, 0.1) is 5.82 Å². The number of allylic oxidation sites excluding steroid dienone is 1. The largest absolute Gasteiger partial charge is 0.443 e. The van der Waals surface area contributed by atoms with E-state index in [0.29, 0.717) is 37.3 Å². The van der Waals surface area contributed by atoms with Crippen LogP contribution in [0.3, 0.4) is 0 Å². The van der Waals surface area contributed by atoms with Crippen LogP contribution in [0.4, 0.5) is 33.7 Å². The van der Waals surface area contributed by atoms with E-state index >= 15 is 4.39 Å². The third-order valence-corrected chi connectivity index (χ3v) is 9.15. The lowest BCUT2D eigenvalue weighted by Crippen LogP contribution is -2.55. The number of alkyl halides is 3. The number of dihydropyridines is 1. The van der Waals surface area contributed by atoms with E-state index in [-0.39, 0.29) is 35.6 Å². The van der Waals surface area contributed by atoms with Gasteiger partial charge in [-0.3, -0.25) is 9.69 Å². The number of piperazine rings is 1. The van der Waals surface area contributed by atoms with E-state index in [4.69, 9.17) is 4.74 Å². The molecule has 3 heterocycles. The average Bonchev–Trinajstić information content (AvgIpc) is 2.95. The molecule has 2 fully saturated rings. The summed E-state index contributed by atoms with van der Waals surface area (Å²) < 4.78 is 63.1. The SMILES string of the molecule is C=C1C=C(C(F)(F)F)C(C(=O)Nc2cc(C3=CCN(C(=O)OC4(C)CCC4)CC3)c(F)cc2N2C[C@@H](C)N(C)[C@@H](C)C2)=CN1. The molecule has 1 saturated carbocycles. The maximum atomic E-state index is 15.8. The fourth-order valence-electron chi connectivity index (χ4n) is 6.05. The van der Waals surface area contributed by atoms with Gasteiger partial charge < -0.3 is 25.2 Å². The average molecular weight is 618 g/mol. The Bertz CT molecular complexity index is 1430. The fraction of sp³-hybridized carbons (Fsp3) is 0.500. The summed E-state index contributed by atoms with van der Waals surface area (Å²) in [5.41, 5.74) is -0.733. The number of hydrogen-bond donors (Lipinski definition) is 2. The quantitative estimate of drug-likeness (QED) is 0.398. The van der Waals surface area contributed by atoms with Gasteiger partial charge in [0.2, 0.25) is 0 Å². The number of halogens is 4. The minimum absolute atomic E-state index is 0.00278. The minimum Gasteiger partial charge on any atom is -0.443 e. The van der Waals surface area contributed by atoms with E-state index in [2.05, 4.69) is 22.1 Å². The van der Waals surface area contributed by atoms with Gasteiger partial charge in [-0.15, -0.1) is 0 Å².